The van der Waals surface area contributed by atoms with Crippen molar-refractivity contribution >= 4 is 0 Å². The molecule has 0 spiro atoms. The van der Waals surface area contributed by atoms with E-state index in [1.54, 1.807) is 24.8 Å². The molecular weight excluding hydrogens is 392 g/mol. The van der Waals surface area contributed by atoms with E-state index in [-0.39, 0.29) is 16.7 Å². The van der Waals surface area contributed by atoms with E-state index in [9.17, 15) is 0 Å². The van der Waals surface area contributed by atoms with Gasteiger partial charge in [-0.2, -0.15) is 0 Å². The van der Waals surface area contributed by atoms with Gasteiger partial charge in [-0.3, -0.25) is 19.9 Å². The molecule has 2 heterocycles. The Morgan fingerprint density at radius 2 is 1.44 bits per heavy atom. The van der Waals surface area contributed by atoms with E-state index in [1.807, 2.05) is 12.4 Å². The Hall–Kier alpha value is -3.40. The van der Waals surface area contributed by atoms with Gasteiger partial charge in [0.1, 0.15) is 0 Å². The zero-order valence-corrected chi connectivity index (χ0v) is 19.3. The van der Waals surface area contributed by atoms with Gasteiger partial charge in [0.15, 0.2) is 0 Å². The number of aromatic nitrogens is 4. The molecule has 5 rings (SSSR count). The van der Waals surface area contributed by atoms with E-state index in [2.05, 4.69) is 91.0 Å². The summed E-state index contributed by atoms with van der Waals surface area (Å²) in [6.45, 7) is 11.3. The summed E-state index contributed by atoms with van der Waals surface area (Å²) in [6, 6.07) is 13.8. The van der Waals surface area contributed by atoms with Gasteiger partial charge in [0.2, 0.25) is 0 Å². The van der Waals surface area contributed by atoms with Crippen molar-refractivity contribution < 1.29 is 0 Å². The Kier molecular flexibility index (Phi) is 4.70. The first-order valence-electron chi connectivity index (χ1n) is 11.1. The third-order valence-electron chi connectivity index (χ3n) is 7.15. The molecule has 160 valence electrons. The minimum atomic E-state index is -0.222. The lowest BCUT2D eigenvalue weighted by molar-refractivity contribution is 0.604. The van der Waals surface area contributed by atoms with Crippen LogP contribution in [0.15, 0.2) is 73.6 Å². The molecule has 0 N–H and O–H groups in total. The summed E-state index contributed by atoms with van der Waals surface area (Å²) < 4.78 is 0. The fraction of sp³-hybridized carbons (Fsp3) is 0.286. The van der Waals surface area contributed by atoms with E-state index in [0.717, 1.165) is 11.4 Å². The molecule has 32 heavy (non-hydrogen) atoms. The minimum Gasteiger partial charge on any atom is -0.261 e. The first-order valence-corrected chi connectivity index (χ1v) is 11.1. The van der Waals surface area contributed by atoms with E-state index in [1.165, 1.54) is 33.4 Å². The molecule has 0 radical (unpaired) electrons. The summed E-state index contributed by atoms with van der Waals surface area (Å²) in [6.07, 6.45) is 10.7. The van der Waals surface area contributed by atoms with Crippen molar-refractivity contribution in [2.75, 3.05) is 0 Å². The maximum absolute atomic E-state index is 4.58. The number of benzene rings is 2. The van der Waals surface area contributed by atoms with Crippen LogP contribution in [0, 0.1) is 0 Å². The first-order chi connectivity index (χ1) is 15.3. The Morgan fingerprint density at radius 1 is 0.781 bits per heavy atom. The number of fused-ring (bicyclic) bond motifs is 3. The zero-order valence-electron chi connectivity index (χ0n) is 19.3. The Bertz CT molecular complexity index is 1280. The molecule has 0 amide bonds. The van der Waals surface area contributed by atoms with E-state index in [0.29, 0.717) is 0 Å². The van der Waals surface area contributed by atoms with Gasteiger partial charge in [-0.1, -0.05) is 71.0 Å². The normalized spacial score (nSPS) is 15.2. The van der Waals surface area contributed by atoms with Gasteiger partial charge >= 0.3 is 0 Å². The van der Waals surface area contributed by atoms with Crippen LogP contribution in [0.3, 0.4) is 0 Å². The number of rotatable bonds is 4. The van der Waals surface area contributed by atoms with Crippen LogP contribution in [0.4, 0.5) is 0 Å². The second kappa shape index (κ2) is 7.33. The lowest BCUT2D eigenvalue weighted by Crippen LogP contribution is -2.22. The molecule has 0 fully saturated rings. The van der Waals surface area contributed by atoms with Gasteiger partial charge in [0.25, 0.3) is 0 Å². The van der Waals surface area contributed by atoms with Crippen molar-refractivity contribution in [1.29, 1.82) is 0 Å². The van der Waals surface area contributed by atoms with Gasteiger partial charge < -0.3 is 0 Å². The monoisotopic (exact) mass is 420 g/mol. The summed E-state index contributed by atoms with van der Waals surface area (Å²) in [7, 11) is 0. The highest BCUT2D eigenvalue weighted by molar-refractivity contribution is 5.81. The van der Waals surface area contributed by atoms with Crippen molar-refractivity contribution in [2.24, 2.45) is 0 Å². The van der Waals surface area contributed by atoms with Crippen LogP contribution in [0.2, 0.25) is 0 Å². The maximum atomic E-state index is 4.58. The Morgan fingerprint density at radius 3 is 2.09 bits per heavy atom. The molecule has 0 aliphatic heterocycles. The SMILES string of the molecule is CC(c1ccc2c(c1)C(C)(C)c1cc(C(C)(C)c3cnccn3)ccc1-2)c1cnccn1. The molecule has 1 aliphatic carbocycles. The standard InChI is InChI=1S/C28H28N4/c1-18(25-16-29-10-12-31-25)19-6-8-21-22-9-7-20(15-24(22)28(4,5)23(21)14-19)27(2,3)26-17-30-11-13-32-26/h6-18H,1-5H3. The van der Waals surface area contributed by atoms with Crippen LogP contribution in [-0.4, -0.2) is 19.9 Å². The molecule has 1 atom stereocenters. The summed E-state index contributed by atoms with van der Waals surface area (Å²) in [5.74, 6) is 0.194. The molecule has 4 heteroatoms. The number of hydrogen-bond donors (Lipinski definition) is 0. The summed E-state index contributed by atoms with van der Waals surface area (Å²) >= 11 is 0. The lowest BCUT2D eigenvalue weighted by atomic mass is 9.76. The number of nitrogens with zero attached hydrogens (tertiary/aromatic N) is 4. The maximum Gasteiger partial charge on any atom is 0.0686 e. The van der Waals surface area contributed by atoms with E-state index >= 15 is 0 Å². The quantitative estimate of drug-likeness (QED) is 0.403. The van der Waals surface area contributed by atoms with Crippen molar-refractivity contribution in [2.45, 2.75) is 51.4 Å². The van der Waals surface area contributed by atoms with Crippen LogP contribution >= 0.6 is 0 Å². The third kappa shape index (κ3) is 3.13. The van der Waals surface area contributed by atoms with Crippen molar-refractivity contribution in [3.05, 3.63) is 107 Å². The van der Waals surface area contributed by atoms with Crippen LogP contribution < -0.4 is 0 Å². The second-order valence-electron chi connectivity index (χ2n) is 9.76. The third-order valence-corrected chi connectivity index (χ3v) is 7.15. The van der Waals surface area contributed by atoms with Gasteiger partial charge in [0.05, 0.1) is 11.4 Å². The van der Waals surface area contributed by atoms with Gasteiger partial charge in [-0.25, -0.2) is 0 Å². The van der Waals surface area contributed by atoms with Crippen LogP contribution in [0.5, 0.6) is 0 Å². The summed E-state index contributed by atoms with van der Waals surface area (Å²) in [5.41, 5.74) is 9.57. The molecule has 4 nitrogen and oxygen atoms in total. The molecule has 0 saturated heterocycles. The van der Waals surface area contributed by atoms with Crippen molar-refractivity contribution in [3.63, 3.8) is 0 Å². The highest BCUT2D eigenvalue weighted by Crippen LogP contribution is 2.50. The van der Waals surface area contributed by atoms with Crippen LogP contribution in [0.25, 0.3) is 11.1 Å². The molecular formula is C28H28N4. The Balaban J connectivity index is 1.57. The minimum absolute atomic E-state index is 0.0861. The fourth-order valence-corrected chi connectivity index (χ4v) is 4.89. The highest BCUT2D eigenvalue weighted by atomic mass is 14.8. The molecule has 0 saturated carbocycles. The topological polar surface area (TPSA) is 51.6 Å². The van der Waals surface area contributed by atoms with Gasteiger partial charge in [-0.05, 0) is 33.4 Å². The van der Waals surface area contributed by atoms with Crippen LogP contribution in [-0.2, 0) is 10.8 Å². The first kappa shape index (κ1) is 20.5. The lowest BCUT2D eigenvalue weighted by Gasteiger charge is -2.28. The predicted octanol–water partition coefficient (Wildman–Crippen LogP) is 6.05. The highest BCUT2D eigenvalue weighted by Gasteiger charge is 2.37. The predicted molar refractivity (Wildman–Crippen MR) is 128 cm³/mol. The molecule has 1 unspecified atom stereocenters. The summed E-state index contributed by atoms with van der Waals surface area (Å²) in [4.78, 5) is 17.6. The van der Waals surface area contributed by atoms with Crippen molar-refractivity contribution in [3.8, 4) is 11.1 Å². The average Bonchev–Trinajstić information content (AvgIpc) is 3.06. The van der Waals surface area contributed by atoms with Gasteiger partial charge in [-0.15, -0.1) is 0 Å². The Labute approximate surface area is 189 Å². The molecule has 4 aromatic rings. The van der Waals surface area contributed by atoms with Crippen LogP contribution in [0.1, 0.15) is 74.2 Å². The fourth-order valence-electron chi connectivity index (χ4n) is 4.89. The number of hydrogen-bond acceptors (Lipinski definition) is 4. The average molecular weight is 421 g/mol. The van der Waals surface area contributed by atoms with Gasteiger partial charge in [0, 0.05) is 53.9 Å². The molecule has 2 aromatic heterocycles. The van der Waals surface area contributed by atoms with Crippen molar-refractivity contribution in [1.82, 2.24) is 19.9 Å². The smallest absolute Gasteiger partial charge is 0.0686 e. The van der Waals surface area contributed by atoms with E-state index in [4.69, 9.17) is 0 Å². The molecule has 0 bridgehead atoms. The second-order valence-corrected chi connectivity index (χ2v) is 9.76. The molecule has 1 aliphatic rings. The zero-order chi connectivity index (χ0) is 22.5. The van der Waals surface area contributed by atoms with E-state index < -0.39 is 0 Å². The largest absolute Gasteiger partial charge is 0.261 e. The summed E-state index contributed by atoms with van der Waals surface area (Å²) in [5, 5.41) is 0. The molecule has 2 aromatic carbocycles.